The van der Waals surface area contributed by atoms with Gasteiger partial charge in [-0.1, -0.05) is 42.8 Å². The van der Waals surface area contributed by atoms with Crippen molar-refractivity contribution in [3.05, 3.63) is 64.2 Å². The Hall–Kier alpha value is -2.00. The molecule has 0 unspecified atom stereocenters. The van der Waals surface area contributed by atoms with Crippen molar-refractivity contribution in [2.45, 2.75) is 19.9 Å². The zero-order chi connectivity index (χ0) is 14.5. The topological polar surface area (TPSA) is 55.1 Å². The van der Waals surface area contributed by atoms with Crippen LogP contribution in [-0.2, 0) is 13.0 Å². The van der Waals surface area contributed by atoms with E-state index in [-0.39, 0.29) is 5.91 Å². The molecule has 0 heterocycles. The predicted octanol–water partition coefficient (Wildman–Crippen LogP) is 3.41. The zero-order valence-electron chi connectivity index (χ0n) is 11.3. The summed E-state index contributed by atoms with van der Waals surface area (Å²) < 4.78 is 0. The molecule has 0 aromatic heterocycles. The van der Waals surface area contributed by atoms with Crippen molar-refractivity contribution >= 4 is 23.2 Å². The number of aryl methyl sites for hydroxylation is 1. The van der Waals surface area contributed by atoms with Crippen LogP contribution in [0.3, 0.4) is 0 Å². The molecule has 0 fully saturated rings. The Balaban J connectivity index is 2.06. The van der Waals surface area contributed by atoms with Crippen molar-refractivity contribution in [3.63, 3.8) is 0 Å². The number of carbonyl (C=O) groups is 1. The summed E-state index contributed by atoms with van der Waals surface area (Å²) >= 11 is 5.92. The highest BCUT2D eigenvalue weighted by molar-refractivity contribution is 6.33. The summed E-state index contributed by atoms with van der Waals surface area (Å²) in [5, 5.41) is 3.29. The van der Waals surface area contributed by atoms with E-state index in [9.17, 15) is 4.79 Å². The number of carbonyl (C=O) groups excluding carboxylic acids is 1. The highest BCUT2D eigenvalue weighted by Crippen LogP contribution is 2.19. The summed E-state index contributed by atoms with van der Waals surface area (Å²) in [6.07, 6.45) is 0.944. The Morgan fingerprint density at radius 1 is 1.20 bits per heavy atom. The van der Waals surface area contributed by atoms with Crippen LogP contribution in [0.25, 0.3) is 0 Å². The average Bonchev–Trinajstić information content (AvgIpc) is 2.47. The molecule has 0 atom stereocenters. The van der Waals surface area contributed by atoms with Crippen molar-refractivity contribution in [3.8, 4) is 0 Å². The molecule has 4 heteroatoms. The van der Waals surface area contributed by atoms with E-state index in [1.165, 1.54) is 5.56 Å². The molecule has 0 bridgehead atoms. The summed E-state index contributed by atoms with van der Waals surface area (Å²) in [5.41, 5.74) is 8.98. The maximum Gasteiger partial charge on any atom is 0.251 e. The van der Waals surface area contributed by atoms with Crippen LogP contribution >= 0.6 is 11.6 Å². The quantitative estimate of drug-likeness (QED) is 0.847. The van der Waals surface area contributed by atoms with Gasteiger partial charge in [-0.2, -0.15) is 0 Å². The van der Waals surface area contributed by atoms with Gasteiger partial charge in [-0.3, -0.25) is 4.79 Å². The monoisotopic (exact) mass is 288 g/mol. The van der Waals surface area contributed by atoms with E-state index in [1.54, 1.807) is 18.2 Å². The smallest absolute Gasteiger partial charge is 0.251 e. The van der Waals surface area contributed by atoms with Crippen molar-refractivity contribution in [1.82, 2.24) is 5.32 Å². The number of rotatable bonds is 4. The van der Waals surface area contributed by atoms with Gasteiger partial charge in [-0.15, -0.1) is 0 Å². The third-order valence-corrected chi connectivity index (χ3v) is 3.53. The summed E-state index contributed by atoms with van der Waals surface area (Å²) in [6, 6.07) is 13.0. The maximum atomic E-state index is 12.1. The first-order chi connectivity index (χ1) is 9.61. The maximum absolute atomic E-state index is 12.1. The highest BCUT2D eigenvalue weighted by Gasteiger charge is 2.08. The second kappa shape index (κ2) is 6.44. The van der Waals surface area contributed by atoms with Crippen LogP contribution in [0.1, 0.15) is 28.4 Å². The number of amides is 1. The zero-order valence-corrected chi connectivity index (χ0v) is 12.1. The van der Waals surface area contributed by atoms with Crippen LogP contribution in [-0.4, -0.2) is 5.91 Å². The average molecular weight is 289 g/mol. The Labute approximate surface area is 123 Å². The lowest BCUT2D eigenvalue weighted by molar-refractivity contribution is 0.0951. The highest BCUT2D eigenvalue weighted by atomic mass is 35.5. The Morgan fingerprint density at radius 2 is 1.90 bits per heavy atom. The number of hydrogen-bond acceptors (Lipinski definition) is 2. The van der Waals surface area contributed by atoms with Crippen LogP contribution in [0.4, 0.5) is 5.69 Å². The lowest BCUT2D eigenvalue weighted by atomic mass is 10.1. The van der Waals surface area contributed by atoms with Gasteiger partial charge in [0.1, 0.15) is 0 Å². The minimum atomic E-state index is -0.155. The van der Waals surface area contributed by atoms with Gasteiger partial charge < -0.3 is 11.1 Å². The molecular formula is C16H17ClN2O. The third kappa shape index (κ3) is 3.31. The van der Waals surface area contributed by atoms with Crippen LogP contribution in [0, 0.1) is 0 Å². The Kier molecular flexibility index (Phi) is 4.64. The number of hydrogen-bond donors (Lipinski definition) is 2. The molecule has 20 heavy (non-hydrogen) atoms. The standard InChI is InChI=1S/C16H17ClN2O/c1-2-11-5-3-4-6-13(11)10-19-16(20)12-7-8-15(18)14(17)9-12/h3-9H,2,10,18H2,1H3,(H,19,20). The first kappa shape index (κ1) is 14.4. The molecular weight excluding hydrogens is 272 g/mol. The van der Waals surface area contributed by atoms with Gasteiger partial charge in [0.25, 0.3) is 5.91 Å². The second-order valence-electron chi connectivity index (χ2n) is 4.54. The van der Waals surface area contributed by atoms with E-state index in [2.05, 4.69) is 18.3 Å². The fourth-order valence-corrected chi connectivity index (χ4v) is 2.20. The van der Waals surface area contributed by atoms with Gasteiger partial charge in [-0.05, 0) is 35.7 Å². The minimum Gasteiger partial charge on any atom is -0.398 e. The molecule has 0 saturated carbocycles. The van der Waals surface area contributed by atoms with E-state index in [4.69, 9.17) is 17.3 Å². The number of anilines is 1. The molecule has 1 amide bonds. The van der Waals surface area contributed by atoms with Crippen LogP contribution in [0.15, 0.2) is 42.5 Å². The number of nitrogen functional groups attached to an aromatic ring is 1. The lowest BCUT2D eigenvalue weighted by Crippen LogP contribution is -2.23. The van der Waals surface area contributed by atoms with Gasteiger partial charge in [0.05, 0.1) is 10.7 Å². The molecule has 0 saturated heterocycles. The van der Waals surface area contributed by atoms with Crippen molar-refractivity contribution in [2.24, 2.45) is 0 Å². The van der Waals surface area contributed by atoms with Gasteiger partial charge in [0, 0.05) is 12.1 Å². The second-order valence-corrected chi connectivity index (χ2v) is 4.95. The summed E-state index contributed by atoms with van der Waals surface area (Å²) in [6.45, 7) is 2.60. The normalized spacial score (nSPS) is 10.3. The molecule has 2 aromatic carbocycles. The van der Waals surface area contributed by atoms with Crippen LogP contribution in [0.2, 0.25) is 5.02 Å². The molecule has 2 aromatic rings. The molecule has 0 aliphatic rings. The van der Waals surface area contributed by atoms with Gasteiger partial charge in [-0.25, -0.2) is 0 Å². The molecule has 3 nitrogen and oxygen atoms in total. The molecule has 104 valence electrons. The van der Waals surface area contributed by atoms with Crippen molar-refractivity contribution in [1.29, 1.82) is 0 Å². The Bertz CT molecular complexity index is 626. The largest absolute Gasteiger partial charge is 0.398 e. The third-order valence-electron chi connectivity index (χ3n) is 3.20. The number of nitrogens with two attached hydrogens (primary N) is 1. The van der Waals surface area contributed by atoms with E-state index < -0.39 is 0 Å². The predicted molar refractivity (Wildman–Crippen MR) is 82.9 cm³/mol. The van der Waals surface area contributed by atoms with Gasteiger partial charge in [0.2, 0.25) is 0 Å². The minimum absolute atomic E-state index is 0.155. The van der Waals surface area contributed by atoms with Crippen molar-refractivity contribution in [2.75, 3.05) is 5.73 Å². The molecule has 0 spiro atoms. The molecule has 2 rings (SSSR count). The number of nitrogens with one attached hydrogen (secondary N) is 1. The fraction of sp³-hybridized carbons (Fsp3) is 0.188. The molecule has 0 aliphatic heterocycles. The lowest BCUT2D eigenvalue weighted by Gasteiger charge is -2.10. The molecule has 0 radical (unpaired) electrons. The summed E-state index contributed by atoms with van der Waals surface area (Å²) in [7, 11) is 0. The summed E-state index contributed by atoms with van der Waals surface area (Å²) in [5.74, 6) is -0.155. The molecule has 3 N–H and O–H groups in total. The summed E-state index contributed by atoms with van der Waals surface area (Å²) in [4.78, 5) is 12.1. The van der Waals surface area contributed by atoms with E-state index in [1.807, 2.05) is 18.2 Å². The van der Waals surface area contributed by atoms with Crippen molar-refractivity contribution < 1.29 is 4.79 Å². The van der Waals surface area contributed by atoms with E-state index >= 15 is 0 Å². The van der Waals surface area contributed by atoms with Gasteiger partial charge >= 0.3 is 0 Å². The van der Waals surface area contributed by atoms with Gasteiger partial charge in [0.15, 0.2) is 0 Å². The number of halogens is 1. The first-order valence-corrected chi connectivity index (χ1v) is 6.89. The van der Waals surface area contributed by atoms with E-state index in [0.717, 1.165) is 12.0 Å². The van der Waals surface area contributed by atoms with Crippen LogP contribution in [0.5, 0.6) is 0 Å². The SMILES string of the molecule is CCc1ccccc1CNC(=O)c1ccc(N)c(Cl)c1. The Morgan fingerprint density at radius 3 is 2.55 bits per heavy atom. The fourth-order valence-electron chi connectivity index (χ4n) is 2.02. The molecule has 0 aliphatic carbocycles. The number of benzene rings is 2. The van der Waals surface area contributed by atoms with Crippen LogP contribution < -0.4 is 11.1 Å². The first-order valence-electron chi connectivity index (χ1n) is 6.51. The van der Waals surface area contributed by atoms with E-state index in [0.29, 0.717) is 22.8 Å².